The number of hydrogen-bond donors (Lipinski definition) is 3. The molecule has 1 unspecified atom stereocenters. The van der Waals surface area contributed by atoms with Gasteiger partial charge in [0.25, 0.3) is 0 Å². The molecule has 0 saturated carbocycles. The Bertz CT molecular complexity index is 219. The van der Waals surface area contributed by atoms with Crippen LogP contribution in [-0.4, -0.2) is 42.9 Å². The quantitative estimate of drug-likeness (QED) is 0.626. The van der Waals surface area contributed by atoms with Crippen molar-refractivity contribution in [2.24, 2.45) is 5.92 Å². The van der Waals surface area contributed by atoms with Crippen LogP contribution in [0.5, 0.6) is 0 Å². The molecular formula is C9H17F3N2O2. The Morgan fingerprint density at radius 1 is 1.38 bits per heavy atom. The maximum Gasteiger partial charge on any atom is 0.401 e. The largest absolute Gasteiger partial charge is 0.401 e. The highest BCUT2D eigenvalue weighted by Gasteiger charge is 2.26. The van der Waals surface area contributed by atoms with Crippen LogP contribution in [0.2, 0.25) is 0 Å². The van der Waals surface area contributed by atoms with Crippen LogP contribution in [0.25, 0.3) is 0 Å². The molecule has 1 atom stereocenters. The Kier molecular flexibility index (Phi) is 6.35. The maximum atomic E-state index is 11.7. The molecule has 0 bridgehead atoms. The molecular weight excluding hydrogens is 225 g/mol. The lowest BCUT2D eigenvalue weighted by molar-refractivity contribution is -0.129. The van der Waals surface area contributed by atoms with Crippen molar-refractivity contribution >= 4 is 5.91 Å². The van der Waals surface area contributed by atoms with E-state index in [9.17, 15) is 18.0 Å². The van der Waals surface area contributed by atoms with Crippen LogP contribution in [0.4, 0.5) is 13.2 Å². The van der Waals surface area contributed by atoms with Crippen molar-refractivity contribution < 1.29 is 23.1 Å². The van der Waals surface area contributed by atoms with Crippen molar-refractivity contribution in [1.82, 2.24) is 10.6 Å². The normalized spacial score (nSPS) is 13.9. The molecule has 0 saturated heterocycles. The average molecular weight is 242 g/mol. The first-order chi connectivity index (χ1) is 7.26. The molecule has 0 rings (SSSR count). The van der Waals surface area contributed by atoms with Crippen molar-refractivity contribution in [3.63, 3.8) is 0 Å². The number of aliphatic hydroxyl groups is 1. The number of halogens is 3. The molecule has 0 aromatic heterocycles. The second-order valence-corrected chi connectivity index (χ2v) is 3.82. The first kappa shape index (κ1) is 15.2. The molecule has 7 heteroatoms. The van der Waals surface area contributed by atoms with Crippen molar-refractivity contribution in [2.75, 3.05) is 19.7 Å². The molecule has 0 heterocycles. The van der Waals surface area contributed by atoms with E-state index in [0.717, 1.165) is 0 Å². The summed E-state index contributed by atoms with van der Waals surface area (Å²) in [6.07, 6.45) is -4.32. The fraction of sp³-hybridized carbons (Fsp3) is 0.889. The third kappa shape index (κ3) is 7.47. The van der Waals surface area contributed by atoms with Gasteiger partial charge in [-0.15, -0.1) is 0 Å². The topological polar surface area (TPSA) is 61.4 Å². The molecule has 0 aliphatic carbocycles. The van der Waals surface area contributed by atoms with Crippen LogP contribution in [-0.2, 0) is 4.79 Å². The summed E-state index contributed by atoms with van der Waals surface area (Å²) in [5.41, 5.74) is 0. The van der Waals surface area contributed by atoms with E-state index in [2.05, 4.69) is 5.32 Å². The van der Waals surface area contributed by atoms with Gasteiger partial charge in [0, 0.05) is 0 Å². The number of hydrogen-bond acceptors (Lipinski definition) is 3. The molecule has 4 nitrogen and oxygen atoms in total. The second-order valence-electron chi connectivity index (χ2n) is 3.82. The molecule has 3 N–H and O–H groups in total. The Morgan fingerprint density at radius 3 is 2.31 bits per heavy atom. The maximum absolute atomic E-state index is 11.7. The fourth-order valence-corrected chi connectivity index (χ4v) is 0.999. The lowest BCUT2D eigenvalue weighted by atomic mass is 10.1. The Labute approximate surface area is 92.2 Å². The van der Waals surface area contributed by atoms with E-state index >= 15 is 0 Å². The average Bonchev–Trinajstić information content (AvgIpc) is 2.11. The minimum absolute atomic E-state index is 0.0246. The third-order valence-electron chi connectivity index (χ3n) is 1.96. The molecule has 0 aromatic carbocycles. The Hall–Kier alpha value is -0.820. The second kappa shape index (κ2) is 6.70. The predicted molar refractivity (Wildman–Crippen MR) is 52.8 cm³/mol. The molecule has 0 fully saturated rings. The van der Waals surface area contributed by atoms with E-state index in [4.69, 9.17) is 5.11 Å². The van der Waals surface area contributed by atoms with Gasteiger partial charge in [0.05, 0.1) is 25.7 Å². The SMILES string of the molecule is CC(C)C(CO)NC(=O)CNCC(F)(F)F. The lowest BCUT2D eigenvalue weighted by Gasteiger charge is -2.20. The number of rotatable bonds is 6. The number of carbonyl (C=O) groups is 1. The zero-order valence-corrected chi connectivity index (χ0v) is 9.27. The molecule has 1 amide bonds. The zero-order valence-electron chi connectivity index (χ0n) is 9.27. The van der Waals surface area contributed by atoms with Crippen molar-refractivity contribution in [2.45, 2.75) is 26.1 Å². The molecule has 96 valence electrons. The van der Waals surface area contributed by atoms with Gasteiger partial charge in [0.1, 0.15) is 0 Å². The summed E-state index contributed by atoms with van der Waals surface area (Å²) in [7, 11) is 0. The summed E-state index contributed by atoms with van der Waals surface area (Å²) < 4.78 is 35.2. The van der Waals surface area contributed by atoms with E-state index < -0.39 is 31.2 Å². The number of nitrogens with one attached hydrogen (secondary N) is 2. The minimum atomic E-state index is -4.32. The summed E-state index contributed by atoms with van der Waals surface area (Å²) in [5.74, 6) is -0.534. The molecule has 0 aromatic rings. The summed E-state index contributed by atoms with van der Waals surface area (Å²) in [6.45, 7) is 1.74. The van der Waals surface area contributed by atoms with E-state index in [1.807, 2.05) is 5.32 Å². The van der Waals surface area contributed by atoms with Crippen LogP contribution in [0.15, 0.2) is 0 Å². The summed E-state index contributed by atoms with van der Waals surface area (Å²) in [5, 5.41) is 13.3. The first-order valence-corrected chi connectivity index (χ1v) is 4.94. The fourth-order valence-electron chi connectivity index (χ4n) is 0.999. The number of amides is 1. The van der Waals surface area contributed by atoms with Gasteiger partial charge in [-0.25, -0.2) is 0 Å². The Balaban J connectivity index is 3.82. The van der Waals surface area contributed by atoms with Gasteiger partial charge < -0.3 is 15.7 Å². The van der Waals surface area contributed by atoms with Gasteiger partial charge >= 0.3 is 6.18 Å². The van der Waals surface area contributed by atoms with Crippen LogP contribution >= 0.6 is 0 Å². The van der Waals surface area contributed by atoms with Gasteiger partial charge in [0.2, 0.25) is 5.91 Å². The monoisotopic (exact) mass is 242 g/mol. The van der Waals surface area contributed by atoms with E-state index in [1.54, 1.807) is 13.8 Å². The smallest absolute Gasteiger partial charge is 0.394 e. The van der Waals surface area contributed by atoms with E-state index in [-0.39, 0.29) is 12.5 Å². The van der Waals surface area contributed by atoms with Gasteiger partial charge in [0.15, 0.2) is 0 Å². The van der Waals surface area contributed by atoms with E-state index in [0.29, 0.717) is 0 Å². The molecule has 0 aliphatic heterocycles. The Morgan fingerprint density at radius 2 is 1.94 bits per heavy atom. The number of carbonyl (C=O) groups excluding carboxylic acids is 1. The van der Waals surface area contributed by atoms with Gasteiger partial charge in [-0.3, -0.25) is 4.79 Å². The molecule has 0 radical (unpaired) electrons. The van der Waals surface area contributed by atoms with Crippen LogP contribution < -0.4 is 10.6 Å². The molecule has 16 heavy (non-hydrogen) atoms. The highest BCUT2D eigenvalue weighted by atomic mass is 19.4. The van der Waals surface area contributed by atoms with Gasteiger partial charge in [-0.05, 0) is 5.92 Å². The van der Waals surface area contributed by atoms with Crippen molar-refractivity contribution in [3.8, 4) is 0 Å². The van der Waals surface area contributed by atoms with Crippen molar-refractivity contribution in [3.05, 3.63) is 0 Å². The van der Waals surface area contributed by atoms with Crippen LogP contribution in [0.3, 0.4) is 0 Å². The van der Waals surface area contributed by atoms with E-state index in [1.165, 1.54) is 0 Å². The minimum Gasteiger partial charge on any atom is -0.394 e. The van der Waals surface area contributed by atoms with Crippen LogP contribution in [0.1, 0.15) is 13.8 Å². The summed E-state index contributed by atoms with van der Waals surface area (Å²) in [4.78, 5) is 11.2. The zero-order chi connectivity index (χ0) is 12.8. The van der Waals surface area contributed by atoms with Gasteiger partial charge in [-0.2, -0.15) is 13.2 Å². The van der Waals surface area contributed by atoms with Gasteiger partial charge in [-0.1, -0.05) is 13.8 Å². The van der Waals surface area contributed by atoms with Crippen molar-refractivity contribution in [1.29, 1.82) is 0 Å². The third-order valence-corrected chi connectivity index (χ3v) is 1.96. The summed E-state index contributed by atoms with van der Waals surface area (Å²) in [6, 6.07) is -0.430. The standard InChI is InChI=1S/C9H17F3N2O2/c1-6(2)7(4-15)14-8(16)3-13-5-9(10,11)12/h6-7,13,15H,3-5H2,1-2H3,(H,14,16). The molecule has 0 aliphatic rings. The number of aliphatic hydroxyl groups excluding tert-OH is 1. The highest BCUT2D eigenvalue weighted by molar-refractivity contribution is 5.78. The predicted octanol–water partition coefficient (Wildman–Crippen LogP) is 0.271. The number of alkyl halides is 3. The lowest BCUT2D eigenvalue weighted by Crippen LogP contribution is -2.46. The molecule has 0 spiro atoms. The summed E-state index contributed by atoms with van der Waals surface area (Å²) >= 11 is 0. The first-order valence-electron chi connectivity index (χ1n) is 4.94. The highest BCUT2D eigenvalue weighted by Crippen LogP contribution is 2.11. The van der Waals surface area contributed by atoms with Crippen LogP contribution in [0, 0.1) is 5.92 Å².